The van der Waals surface area contributed by atoms with Crippen molar-refractivity contribution in [3.05, 3.63) is 0 Å². The third kappa shape index (κ3) is 3.06. The van der Waals surface area contributed by atoms with Crippen LogP contribution in [0.3, 0.4) is 0 Å². The van der Waals surface area contributed by atoms with Crippen molar-refractivity contribution >= 4 is 11.8 Å². The summed E-state index contributed by atoms with van der Waals surface area (Å²) in [5.41, 5.74) is 0. The maximum Gasteiger partial charge on any atom is 0.00730 e. The van der Waals surface area contributed by atoms with E-state index < -0.39 is 0 Å². The summed E-state index contributed by atoms with van der Waals surface area (Å²) >= 11 is 2.19. The van der Waals surface area contributed by atoms with E-state index in [9.17, 15) is 0 Å². The zero-order valence-electron chi connectivity index (χ0n) is 7.97. The lowest BCUT2D eigenvalue weighted by molar-refractivity contribution is 0.479. The topological polar surface area (TPSA) is 0 Å². The van der Waals surface area contributed by atoms with Crippen LogP contribution >= 0.6 is 11.8 Å². The predicted molar refractivity (Wildman–Crippen MR) is 54.1 cm³/mol. The molecule has 0 aromatic heterocycles. The average Bonchev–Trinajstić information content (AvgIpc) is 2.31. The lowest BCUT2D eigenvalue weighted by Gasteiger charge is -2.14. The van der Waals surface area contributed by atoms with Crippen LogP contribution in [0.5, 0.6) is 0 Å². The van der Waals surface area contributed by atoms with Gasteiger partial charge >= 0.3 is 0 Å². The predicted octanol–water partition coefficient (Wildman–Crippen LogP) is 3.56. The van der Waals surface area contributed by atoms with Gasteiger partial charge < -0.3 is 0 Å². The Labute approximate surface area is 75.1 Å². The molecule has 0 nitrogen and oxygen atoms in total. The number of rotatable bonds is 3. The molecule has 1 fully saturated rings. The molecule has 0 saturated carbocycles. The maximum absolute atomic E-state index is 2.41. The minimum absolute atomic E-state index is 0.892. The van der Waals surface area contributed by atoms with Gasteiger partial charge in [0.15, 0.2) is 0 Å². The van der Waals surface area contributed by atoms with E-state index >= 15 is 0 Å². The molecule has 11 heavy (non-hydrogen) atoms. The smallest absolute Gasteiger partial charge is 0.00730 e. The van der Waals surface area contributed by atoms with Crippen molar-refractivity contribution in [1.82, 2.24) is 0 Å². The Bertz CT molecular complexity index is 109. The van der Waals surface area contributed by atoms with Gasteiger partial charge in [0.1, 0.15) is 0 Å². The van der Waals surface area contributed by atoms with E-state index in [1.807, 2.05) is 0 Å². The summed E-state index contributed by atoms with van der Waals surface area (Å²) in [5, 5.41) is 0.984. The molecule has 66 valence electrons. The zero-order valence-corrected chi connectivity index (χ0v) is 8.79. The molecule has 0 amide bonds. The standard InChI is InChI=1S/C10H20S/c1-8(2)4-5-10-9(3)6-7-11-10/h8-10H,4-7H2,1-3H3. The molecule has 0 bridgehead atoms. The first-order chi connectivity index (χ1) is 5.20. The van der Waals surface area contributed by atoms with E-state index in [1.165, 1.54) is 25.0 Å². The Morgan fingerprint density at radius 2 is 2.18 bits per heavy atom. The summed E-state index contributed by atoms with van der Waals surface area (Å²) < 4.78 is 0. The largest absolute Gasteiger partial charge is 0.158 e. The van der Waals surface area contributed by atoms with E-state index in [1.54, 1.807) is 0 Å². The Morgan fingerprint density at radius 3 is 2.64 bits per heavy atom. The highest BCUT2D eigenvalue weighted by molar-refractivity contribution is 8.00. The van der Waals surface area contributed by atoms with Gasteiger partial charge in [0.05, 0.1) is 0 Å². The second-order valence-corrected chi connectivity index (χ2v) is 5.49. The minimum atomic E-state index is 0.892. The number of thioether (sulfide) groups is 1. The van der Waals surface area contributed by atoms with Crippen LogP contribution in [0.1, 0.15) is 40.0 Å². The first-order valence-electron chi connectivity index (χ1n) is 4.81. The van der Waals surface area contributed by atoms with Crippen molar-refractivity contribution in [2.45, 2.75) is 45.3 Å². The van der Waals surface area contributed by atoms with Gasteiger partial charge in [-0.25, -0.2) is 0 Å². The van der Waals surface area contributed by atoms with E-state index in [0.717, 1.165) is 17.1 Å². The minimum Gasteiger partial charge on any atom is -0.158 e. The molecular formula is C10H20S. The van der Waals surface area contributed by atoms with Crippen molar-refractivity contribution in [2.75, 3.05) is 5.75 Å². The van der Waals surface area contributed by atoms with Crippen LogP contribution < -0.4 is 0 Å². The molecule has 1 heterocycles. The quantitative estimate of drug-likeness (QED) is 0.627. The van der Waals surface area contributed by atoms with Gasteiger partial charge in [-0.15, -0.1) is 0 Å². The third-order valence-corrected chi connectivity index (χ3v) is 4.17. The lowest BCUT2D eigenvalue weighted by Crippen LogP contribution is -2.08. The van der Waals surface area contributed by atoms with Gasteiger partial charge in [0.25, 0.3) is 0 Å². The summed E-state index contributed by atoms with van der Waals surface area (Å²) in [6, 6.07) is 0. The molecular weight excluding hydrogens is 152 g/mol. The molecule has 0 aromatic carbocycles. The van der Waals surface area contributed by atoms with Crippen molar-refractivity contribution in [2.24, 2.45) is 11.8 Å². The van der Waals surface area contributed by atoms with Crippen molar-refractivity contribution in [3.63, 3.8) is 0 Å². The molecule has 0 spiro atoms. The van der Waals surface area contributed by atoms with Crippen LogP contribution in [0.2, 0.25) is 0 Å². The fourth-order valence-electron chi connectivity index (χ4n) is 1.62. The van der Waals surface area contributed by atoms with Crippen LogP contribution in [0.4, 0.5) is 0 Å². The monoisotopic (exact) mass is 172 g/mol. The van der Waals surface area contributed by atoms with Crippen LogP contribution in [-0.4, -0.2) is 11.0 Å². The molecule has 2 unspecified atom stereocenters. The van der Waals surface area contributed by atoms with E-state index in [-0.39, 0.29) is 0 Å². The number of hydrogen-bond acceptors (Lipinski definition) is 1. The summed E-state index contributed by atoms with van der Waals surface area (Å²) in [7, 11) is 0. The Hall–Kier alpha value is 0.350. The van der Waals surface area contributed by atoms with Gasteiger partial charge in [-0.2, -0.15) is 11.8 Å². The number of hydrogen-bond donors (Lipinski definition) is 0. The van der Waals surface area contributed by atoms with Crippen LogP contribution in [-0.2, 0) is 0 Å². The van der Waals surface area contributed by atoms with E-state index in [4.69, 9.17) is 0 Å². The molecule has 2 atom stereocenters. The van der Waals surface area contributed by atoms with Gasteiger partial charge in [-0.1, -0.05) is 20.8 Å². The maximum atomic E-state index is 2.41. The fraction of sp³-hybridized carbons (Fsp3) is 1.00. The van der Waals surface area contributed by atoms with Crippen LogP contribution in [0, 0.1) is 11.8 Å². The van der Waals surface area contributed by atoms with E-state index in [0.29, 0.717) is 0 Å². The molecule has 0 N–H and O–H groups in total. The Morgan fingerprint density at radius 1 is 1.45 bits per heavy atom. The zero-order chi connectivity index (χ0) is 8.27. The van der Waals surface area contributed by atoms with Crippen molar-refractivity contribution in [1.29, 1.82) is 0 Å². The van der Waals surface area contributed by atoms with Crippen molar-refractivity contribution < 1.29 is 0 Å². The van der Waals surface area contributed by atoms with Gasteiger partial charge in [0.2, 0.25) is 0 Å². The fourth-order valence-corrected chi connectivity index (χ4v) is 3.20. The first kappa shape index (κ1) is 9.44. The normalized spacial score (nSPS) is 31.6. The highest BCUT2D eigenvalue weighted by atomic mass is 32.2. The highest BCUT2D eigenvalue weighted by Gasteiger charge is 2.23. The first-order valence-corrected chi connectivity index (χ1v) is 5.86. The van der Waals surface area contributed by atoms with Crippen molar-refractivity contribution in [3.8, 4) is 0 Å². The molecule has 0 radical (unpaired) electrons. The van der Waals surface area contributed by atoms with Gasteiger partial charge in [0, 0.05) is 5.25 Å². The Balaban J connectivity index is 2.15. The molecule has 0 aliphatic carbocycles. The van der Waals surface area contributed by atoms with Gasteiger partial charge in [-0.05, 0) is 36.9 Å². The Kier molecular flexibility index (Phi) is 3.77. The highest BCUT2D eigenvalue weighted by Crippen LogP contribution is 2.35. The van der Waals surface area contributed by atoms with Crippen LogP contribution in [0.15, 0.2) is 0 Å². The summed E-state index contributed by atoms with van der Waals surface area (Å²) in [4.78, 5) is 0. The summed E-state index contributed by atoms with van der Waals surface area (Å²) in [5.74, 6) is 3.28. The summed E-state index contributed by atoms with van der Waals surface area (Å²) in [6.45, 7) is 7.06. The molecule has 1 aliphatic rings. The second kappa shape index (κ2) is 4.39. The SMILES string of the molecule is CC(C)CCC1SCCC1C. The molecule has 1 rings (SSSR count). The molecule has 1 saturated heterocycles. The molecule has 1 aliphatic heterocycles. The molecule has 1 heteroatoms. The molecule has 0 aromatic rings. The summed E-state index contributed by atoms with van der Waals surface area (Å²) in [6.07, 6.45) is 4.32. The second-order valence-electron chi connectivity index (χ2n) is 4.15. The average molecular weight is 172 g/mol. The van der Waals surface area contributed by atoms with Gasteiger partial charge in [-0.3, -0.25) is 0 Å². The lowest BCUT2D eigenvalue weighted by atomic mass is 9.98. The van der Waals surface area contributed by atoms with Crippen LogP contribution in [0.25, 0.3) is 0 Å². The third-order valence-electron chi connectivity index (χ3n) is 2.57. The van der Waals surface area contributed by atoms with E-state index in [2.05, 4.69) is 32.5 Å².